The molecule has 0 aliphatic heterocycles. The van der Waals surface area contributed by atoms with Crippen molar-refractivity contribution in [1.82, 2.24) is 0 Å². The first-order valence-electron chi connectivity index (χ1n) is 7.71. The molecule has 0 spiro atoms. The summed E-state index contributed by atoms with van der Waals surface area (Å²) in [5.74, 6) is -6.28. The molecule has 0 aromatic rings. The van der Waals surface area contributed by atoms with Crippen LogP contribution < -0.4 is 0 Å². The zero-order valence-electron chi connectivity index (χ0n) is 14.6. The maximum Gasteiger partial charge on any atom is 0.389 e. The highest BCUT2D eigenvalue weighted by Gasteiger charge is 2.58. The zero-order valence-corrected chi connectivity index (χ0v) is 16.1. The van der Waals surface area contributed by atoms with E-state index in [1.54, 1.807) is 20.8 Å². The number of hydrogen-bond donors (Lipinski definition) is 1. The molecule has 0 heterocycles. The SMILES string of the molecule is CC1(C)CC1C(=O)OC=C(Cl)C(F)(F)C(F)(F)Cl.CC1CC1(C)C(=O)O. The highest BCUT2D eigenvalue weighted by Crippen LogP contribution is 2.52. The smallest absolute Gasteiger partial charge is 0.389 e. The molecule has 2 fully saturated rings. The fraction of sp³-hybridized carbons (Fsp3) is 0.750. The van der Waals surface area contributed by atoms with Crippen LogP contribution in [0.5, 0.6) is 0 Å². The minimum absolute atomic E-state index is 0.106. The molecule has 0 saturated heterocycles. The minimum atomic E-state index is -4.86. The van der Waals surface area contributed by atoms with Gasteiger partial charge in [-0.2, -0.15) is 17.6 Å². The van der Waals surface area contributed by atoms with Crippen LogP contribution in [-0.2, 0) is 14.3 Å². The van der Waals surface area contributed by atoms with Gasteiger partial charge in [-0.05, 0) is 42.7 Å². The molecule has 3 unspecified atom stereocenters. The van der Waals surface area contributed by atoms with E-state index in [2.05, 4.69) is 16.3 Å². The number of aliphatic carboxylic acids is 1. The number of rotatable bonds is 5. The number of esters is 1. The molecule has 26 heavy (non-hydrogen) atoms. The Bertz CT molecular complexity index is 616. The van der Waals surface area contributed by atoms with Crippen molar-refractivity contribution in [3.63, 3.8) is 0 Å². The summed E-state index contributed by atoms with van der Waals surface area (Å²) in [7, 11) is 0. The van der Waals surface area contributed by atoms with Gasteiger partial charge < -0.3 is 9.84 Å². The van der Waals surface area contributed by atoms with E-state index >= 15 is 0 Å². The largest absolute Gasteiger partial charge is 0.481 e. The van der Waals surface area contributed by atoms with E-state index < -0.39 is 34.2 Å². The molecular weight excluding hydrogens is 403 g/mol. The summed E-state index contributed by atoms with van der Waals surface area (Å²) in [6.45, 7) is 7.33. The molecule has 150 valence electrons. The summed E-state index contributed by atoms with van der Waals surface area (Å²) in [5.41, 5.74) is -0.643. The topological polar surface area (TPSA) is 63.6 Å². The third kappa shape index (κ3) is 5.03. The van der Waals surface area contributed by atoms with Crippen LogP contribution in [0.4, 0.5) is 17.6 Å². The van der Waals surface area contributed by atoms with Crippen LogP contribution >= 0.6 is 23.2 Å². The van der Waals surface area contributed by atoms with Crippen LogP contribution in [0, 0.1) is 22.7 Å². The lowest BCUT2D eigenvalue weighted by molar-refractivity contribution is -0.143. The zero-order chi connectivity index (χ0) is 20.7. The first kappa shape index (κ1) is 23.0. The fourth-order valence-electron chi connectivity index (χ4n) is 2.15. The van der Waals surface area contributed by atoms with Crippen molar-refractivity contribution in [3.8, 4) is 0 Å². The Morgan fingerprint density at radius 2 is 1.62 bits per heavy atom. The quantitative estimate of drug-likeness (QED) is 0.284. The van der Waals surface area contributed by atoms with Crippen molar-refractivity contribution in [2.75, 3.05) is 0 Å². The molecule has 0 aromatic carbocycles. The van der Waals surface area contributed by atoms with E-state index in [9.17, 15) is 27.2 Å². The van der Waals surface area contributed by atoms with Crippen LogP contribution in [-0.4, -0.2) is 28.3 Å². The van der Waals surface area contributed by atoms with Crippen LogP contribution in [0.15, 0.2) is 11.3 Å². The van der Waals surface area contributed by atoms with Gasteiger partial charge in [-0.15, -0.1) is 0 Å². The summed E-state index contributed by atoms with van der Waals surface area (Å²) >= 11 is 9.17. The van der Waals surface area contributed by atoms with E-state index in [1.807, 2.05) is 6.92 Å². The number of halogens is 6. The Balaban J connectivity index is 0.000000350. The number of ether oxygens (including phenoxy) is 1. The fourth-order valence-corrected chi connectivity index (χ4v) is 2.46. The van der Waals surface area contributed by atoms with Crippen molar-refractivity contribution in [3.05, 3.63) is 11.3 Å². The van der Waals surface area contributed by atoms with E-state index in [0.29, 0.717) is 12.3 Å². The van der Waals surface area contributed by atoms with Gasteiger partial charge in [-0.3, -0.25) is 9.59 Å². The molecule has 2 saturated carbocycles. The monoisotopic (exact) mass is 422 g/mol. The summed E-state index contributed by atoms with van der Waals surface area (Å²) in [6.07, 6.45) is 1.50. The lowest BCUT2D eigenvalue weighted by Crippen LogP contribution is -2.35. The van der Waals surface area contributed by atoms with Gasteiger partial charge >= 0.3 is 23.2 Å². The maximum atomic E-state index is 12.9. The molecule has 3 atom stereocenters. The summed E-state index contributed by atoms with van der Waals surface area (Å²) < 4.78 is 54.7. The van der Waals surface area contributed by atoms with E-state index in [4.69, 9.17) is 16.7 Å². The number of carbonyl (C=O) groups is 2. The first-order chi connectivity index (χ1) is 11.5. The van der Waals surface area contributed by atoms with Crippen molar-refractivity contribution >= 4 is 35.1 Å². The molecule has 0 bridgehead atoms. The second-order valence-electron chi connectivity index (χ2n) is 7.55. The van der Waals surface area contributed by atoms with Gasteiger partial charge in [0.1, 0.15) is 11.3 Å². The molecule has 2 aliphatic rings. The van der Waals surface area contributed by atoms with Crippen molar-refractivity contribution in [2.45, 2.75) is 51.8 Å². The number of carboxylic acids is 1. The predicted molar refractivity (Wildman–Crippen MR) is 87.2 cm³/mol. The van der Waals surface area contributed by atoms with Gasteiger partial charge in [-0.1, -0.05) is 32.4 Å². The Morgan fingerprint density at radius 1 is 1.19 bits per heavy atom. The van der Waals surface area contributed by atoms with E-state index in [0.717, 1.165) is 6.42 Å². The van der Waals surface area contributed by atoms with Gasteiger partial charge in [0.25, 0.3) is 0 Å². The number of alkyl halides is 5. The maximum absolute atomic E-state index is 12.9. The van der Waals surface area contributed by atoms with Gasteiger partial charge in [-0.25, -0.2) is 0 Å². The lowest BCUT2D eigenvalue weighted by Gasteiger charge is -2.19. The second kappa shape index (κ2) is 7.19. The molecule has 0 amide bonds. The number of carbonyl (C=O) groups excluding carboxylic acids is 1. The van der Waals surface area contributed by atoms with Gasteiger partial charge in [0.05, 0.1) is 11.3 Å². The highest BCUT2D eigenvalue weighted by molar-refractivity contribution is 6.32. The third-order valence-corrected chi connectivity index (χ3v) is 5.44. The molecule has 10 heteroatoms. The van der Waals surface area contributed by atoms with Gasteiger partial charge in [0, 0.05) is 0 Å². The molecule has 2 aliphatic carbocycles. The summed E-state index contributed by atoms with van der Waals surface area (Å²) in [6, 6.07) is 0. The van der Waals surface area contributed by atoms with Crippen LogP contribution in [0.2, 0.25) is 0 Å². The van der Waals surface area contributed by atoms with E-state index in [-0.39, 0.29) is 17.1 Å². The number of allylic oxidation sites excluding steroid dienone is 1. The summed E-state index contributed by atoms with van der Waals surface area (Å²) in [5, 5.41) is 2.00. The lowest BCUT2D eigenvalue weighted by atomic mass is 10.1. The second-order valence-corrected chi connectivity index (χ2v) is 8.43. The Labute approximate surface area is 158 Å². The molecule has 0 aromatic heterocycles. The summed E-state index contributed by atoms with van der Waals surface area (Å²) in [4.78, 5) is 21.6. The van der Waals surface area contributed by atoms with Crippen LogP contribution in [0.25, 0.3) is 0 Å². The average Bonchev–Trinajstić information content (AvgIpc) is 3.31. The predicted octanol–water partition coefficient (Wildman–Crippen LogP) is 5.24. The Kier molecular flexibility index (Phi) is 6.36. The number of carboxylic acid groups (broad SMARTS) is 1. The first-order valence-corrected chi connectivity index (χ1v) is 8.47. The van der Waals surface area contributed by atoms with E-state index in [1.165, 1.54) is 0 Å². The van der Waals surface area contributed by atoms with Crippen LogP contribution in [0.3, 0.4) is 0 Å². The van der Waals surface area contributed by atoms with Crippen molar-refractivity contribution < 1.29 is 37.0 Å². The average molecular weight is 423 g/mol. The standard InChI is InChI=1S/C10H10Cl2F4O2.C6H10O2/c1-8(2)3-5(8)7(17)18-4-6(11)9(13,14)10(12,15)16;1-4-3-6(4,2)5(7)8/h4-5H,3H2,1-2H3;4H,3H2,1-2H3,(H,7,8). The van der Waals surface area contributed by atoms with Gasteiger partial charge in [0.2, 0.25) is 0 Å². The van der Waals surface area contributed by atoms with Crippen molar-refractivity contribution in [1.29, 1.82) is 0 Å². The Hall–Kier alpha value is -1.02. The highest BCUT2D eigenvalue weighted by atomic mass is 35.5. The molecule has 1 N–H and O–H groups in total. The Morgan fingerprint density at radius 3 is 1.85 bits per heavy atom. The molecule has 0 radical (unpaired) electrons. The van der Waals surface area contributed by atoms with Crippen molar-refractivity contribution in [2.24, 2.45) is 22.7 Å². The molecule has 4 nitrogen and oxygen atoms in total. The molecular formula is C16H20Cl2F4O4. The number of hydrogen-bond acceptors (Lipinski definition) is 3. The van der Waals surface area contributed by atoms with Gasteiger partial charge in [0.15, 0.2) is 0 Å². The molecule has 2 rings (SSSR count). The van der Waals surface area contributed by atoms with Crippen LogP contribution in [0.1, 0.15) is 40.5 Å². The minimum Gasteiger partial charge on any atom is -0.481 e. The normalized spacial score (nSPS) is 30.0. The third-order valence-electron chi connectivity index (χ3n) is 4.88.